The highest BCUT2D eigenvalue weighted by molar-refractivity contribution is 5.81. The molecule has 6 heteroatoms. The summed E-state index contributed by atoms with van der Waals surface area (Å²) in [4.78, 5) is 17.2. The number of aromatic nitrogens is 3. The lowest BCUT2D eigenvalue weighted by atomic mass is 10.0. The van der Waals surface area contributed by atoms with Crippen molar-refractivity contribution in [2.75, 3.05) is 7.05 Å². The molecule has 1 heterocycles. The number of nitrogens with one attached hydrogen (secondary N) is 1. The fourth-order valence-electron chi connectivity index (χ4n) is 1.15. The molecule has 0 radical (unpaired) electrons. The van der Waals surface area contributed by atoms with Gasteiger partial charge in [0.2, 0.25) is 5.91 Å². The van der Waals surface area contributed by atoms with Crippen LogP contribution < -0.4 is 5.73 Å². The first-order valence-electron chi connectivity index (χ1n) is 4.87. The van der Waals surface area contributed by atoms with E-state index in [1.54, 1.807) is 11.9 Å². The Morgan fingerprint density at radius 2 is 2.33 bits per heavy atom. The van der Waals surface area contributed by atoms with Crippen LogP contribution in [0.3, 0.4) is 0 Å². The number of likely N-dealkylation sites (N-methyl/N-ethyl adjacent to an activating group) is 1. The first-order valence-corrected chi connectivity index (χ1v) is 4.87. The molecule has 1 aromatic heterocycles. The maximum absolute atomic E-state index is 11.7. The van der Waals surface area contributed by atoms with Crippen molar-refractivity contribution in [1.29, 1.82) is 0 Å². The molecule has 1 atom stereocenters. The molecule has 1 rings (SSSR count). The predicted molar refractivity (Wildman–Crippen MR) is 55.7 cm³/mol. The third kappa shape index (κ3) is 3.02. The van der Waals surface area contributed by atoms with E-state index in [2.05, 4.69) is 15.2 Å². The molecule has 1 aromatic rings. The van der Waals surface area contributed by atoms with Gasteiger partial charge in [0.15, 0.2) is 0 Å². The molecule has 0 saturated heterocycles. The highest BCUT2D eigenvalue weighted by Gasteiger charge is 2.21. The number of hydrogen-bond donors (Lipinski definition) is 2. The van der Waals surface area contributed by atoms with Crippen molar-refractivity contribution in [2.24, 2.45) is 11.7 Å². The van der Waals surface area contributed by atoms with Gasteiger partial charge in [0.05, 0.1) is 12.6 Å². The predicted octanol–water partition coefficient (Wildman–Crippen LogP) is -0.254. The number of nitrogens with two attached hydrogens (primary N) is 1. The summed E-state index contributed by atoms with van der Waals surface area (Å²) in [5, 5.41) is 6.40. The van der Waals surface area contributed by atoms with Crippen LogP contribution in [0, 0.1) is 5.92 Å². The van der Waals surface area contributed by atoms with E-state index in [1.165, 1.54) is 6.33 Å². The van der Waals surface area contributed by atoms with Crippen LogP contribution >= 0.6 is 0 Å². The smallest absolute Gasteiger partial charge is 0.239 e. The maximum Gasteiger partial charge on any atom is 0.239 e. The van der Waals surface area contributed by atoms with E-state index in [4.69, 9.17) is 5.73 Å². The molecule has 84 valence electrons. The Hall–Kier alpha value is -1.43. The van der Waals surface area contributed by atoms with Crippen LogP contribution in [0.25, 0.3) is 0 Å². The molecule has 1 unspecified atom stereocenters. The minimum absolute atomic E-state index is 0.0820. The summed E-state index contributed by atoms with van der Waals surface area (Å²) in [5.74, 6) is 0.706. The van der Waals surface area contributed by atoms with Crippen LogP contribution in [0.1, 0.15) is 19.7 Å². The topological polar surface area (TPSA) is 87.9 Å². The average Bonchev–Trinajstić information content (AvgIpc) is 2.67. The number of amides is 1. The zero-order valence-corrected chi connectivity index (χ0v) is 9.27. The number of carbonyl (C=O) groups excluding carboxylic acids is 1. The first-order chi connectivity index (χ1) is 7.02. The van der Waals surface area contributed by atoms with Crippen LogP contribution in [-0.4, -0.2) is 39.1 Å². The van der Waals surface area contributed by atoms with E-state index in [0.717, 1.165) is 0 Å². The van der Waals surface area contributed by atoms with Gasteiger partial charge in [0.25, 0.3) is 0 Å². The van der Waals surface area contributed by atoms with Gasteiger partial charge >= 0.3 is 0 Å². The van der Waals surface area contributed by atoms with Gasteiger partial charge in [-0.2, -0.15) is 5.10 Å². The average molecular weight is 211 g/mol. The SMILES string of the molecule is CC(C)C(N)C(=O)N(C)Cc1ncn[nH]1. The molecule has 0 fully saturated rings. The fourth-order valence-corrected chi connectivity index (χ4v) is 1.15. The van der Waals surface area contributed by atoms with Gasteiger partial charge < -0.3 is 10.6 Å². The number of hydrogen-bond acceptors (Lipinski definition) is 4. The lowest BCUT2D eigenvalue weighted by Crippen LogP contribution is -2.44. The Morgan fingerprint density at radius 1 is 1.67 bits per heavy atom. The van der Waals surface area contributed by atoms with Crippen molar-refractivity contribution in [3.63, 3.8) is 0 Å². The summed E-state index contributed by atoms with van der Waals surface area (Å²) in [6, 6.07) is -0.460. The molecule has 15 heavy (non-hydrogen) atoms. The monoisotopic (exact) mass is 211 g/mol. The van der Waals surface area contributed by atoms with Gasteiger partial charge in [-0.3, -0.25) is 9.89 Å². The van der Waals surface area contributed by atoms with Gasteiger partial charge in [-0.1, -0.05) is 13.8 Å². The van der Waals surface area contributed by atoms with Crippen molar-refractivity contribution in [1.82, 2.24) is 20.1 Å². The van der Waals surface area contributed by atoms with E-state index in [1.807, 2.05) is 13.8 Å². The third-order valence-corrected chi connectivity index (χ3v) is 2.23. The number of H-pyrrole nitrogens is 1. The van der Waals surface area contributed by atoms with Crippen molar-refractivity contribution in [2.45, 2.75) is 26.4 Å². The van der Waals surface area contributed by atoms with E-state index in [9.17, 15) is 4.79 Å². The second-order valence-electron chi connectivity index (χ2n) is 3.90. The molecule has 0 aromatic carbocycles. The molecular weight excluding hydrogens is 194 g/mol. The van der Waals surface area contributed by atoms with Gasteiger partial charge in [-0.15, -0.1) is 0 Å². The number of aromatic amines is 1. The molecule has 0 spiro atoms. The van der Waals surface area contributed by atoms with Crippen LogP contribution in [0.2, 0.25) is 0 Å². The standard InChI is InChI=1S/C9H17N5O/c1-6(2)8(10)9(15)14(3)4-7-11-5-12-13-7/h5-6,8H,4,10H2,1-3H3,(H,11,12,13). The normalized spacial score (nSPS) is 12.9. The van der Waals surface area contributed by atoms with Crippen molar-refractivity contribution >= 4 is 5.91 Å². The largest absolute Gasteiger partial charge is 0.337 e. The summed E-state index contributed by atoms with van der Waals surface area (Å²) in [7, 11) is 1.70. The van der Waals surface area contributed by atoms with Gasteiger partial charge in [-0.25, -0.2) is 4.98 Å². The van der Waals surface area contributed by atoms with Crippen molar-refractivity contribution in [3.8, 4) is 0 Å². The number of nitrogens with zero attached hydrogens (tertiary/aromatic N) is 3. The highest BCUT2D eigenvalue weighted by atomic mass is 16.2. The third-order valence-electron chi connectivity index (χ3n) is 2.23. The van der Waals surface area contributed by atoms with E-state index >= 15 is 0 Å². The molecule has 0 aliphatic heterocycles. The minimum atomic E-state index is -0.460. The van der Waals surface area contributed by atoms with E-state index < -0.39 is 6.04 Å². The van der Waals surface area contributed by atoms with E-state index in [-0.39, 0.29) is 11.8 Å². The van der Waals surface area contributed by atoms with Crippen LogP contribution in [-0.2, 0) is 11.3 Å². The summed E-state index contributed by atoms with van der Waals surface area (Å²) >= 11 is 0. The van der Waals surface area contributed by atoms with Crippen molar-refractivity contribution < 1.29 is 4.79 Å². The molecule has 6 nitrogen and oxygen atoms in total. The highest BCUT2D eigenvalue weighted by Crippen LogP contribution is 2.04. The first kappa shape index (κ1) is 11.6. The minimum Gasteiger partial charge on any atom is -0.337 e. The lowest BCUT2D eigenvalue weighted by molar-refractivity contribution is -0.132. The summed E-state index contributed by atoms with van der Waals surface area (Å²) in [6.07, 6.45) is 1.41. The second kappa shape index (κ2) is 4.88. The van der Waals surface area contributed by atoms with Gasteiger partial charge in [-0.05, 0) is 5.92 Å². The number of carbonyl (C=O) groups is 1. The summed E-state index contributed by atoms with van der Waals surface area (Å²) in [5.41, 5.74) is 5.75. The molecule has 0 aliphatic carbocycles. The van der Waals surface area contributed by atoms with E-state index in [0.29, 0.717) is 12.4 Å². The molecule has 0 bridgehead atoms. The van der Waals surface area contributed by atoms with Gasteiger partial charge in [0, 0.05) is 7.05 Å². The van der Waals surface area contributed by atoms with Gasteiger partial charge in [0.1, 0.15) is 12.2 Å². The molecule has 0 saturated carbocycles. The second-order valence-corrected chi connectivity index (χ2v) is 3.90. The molecule has 3 N–H and O–H groups in total. The summed E-state index contributed by atoms with van der Waals surface area (Å²) in [6.45, 7) is 4.25. The zero-order valence-electron chi connectivity index (χ0n) is 9.27. The number of rotatable bonds is 4. The molecular formula is C9H17N5O. The Kier molecular flexibility index (Phi) is 3.79. The Balaban J connectivity index is 2.54. The Bertz CT molecular complexity index is 308. The van der Waals surface area contributed by atoms with Crippen LogP contribution in [0.4, 0.5) is 0 Å². The van der Waals surface area contributed by atoms with Crippen LogP contribution in [0.15, 0.2) is 6.33 Å². The quantitative estimate of drug-likeness (QED) is 0.718. The summed E-state index contributed by atoms with van der Waals surface area (Å²) < 4.78 is 0. The maximum atomic E-state index is 11.7. The van der Waals surface area contributed by atoms with Crippen molar-refractivity contribution in [3.05, 3.63) is 12.2 Å². The fraction of sp³-hybridized carbons (Fsp3) is 0.667. The molecule has 1 amide bonds. The molecule has 0 aliphatic rings. The zero-order chi connectivity index (χ0) is 11.4. The Labute approximate surface area is 88.9 Å². The Morgan fingerprint density at radius 3 is 2.80 bits per heavy atom. The lowest BCUT2D eigenvalue weighted by Gasteiger charge is -2.22. The van der Waals surface area contributed by atoms with Crippen LogP contribution in [0.5, 0.6) is 0 Å².